The van der Waals surface area contributed by atoms with Crippen molar-refractivity contribution in [2.45, 2.75) is 31.9 Å². The van der Waals surface area contributed by atoms with Crippen molar-refractivity contribution in [3.63, 3.8) is 0 Å². The highest BCUT2D eigenvalue weighted by atomic mass is 19.4. The van der Waals surface area contributed by atoms with Gasteiger partial charge >= 0.3 is 18.1 Å². The highest BCUT2D eigenvalue weighted by Crippen LogP contribution is 2.30. The molecule has 2 unspecified atom stereocenters. The monoisotopic (exact) mass is 253 g/mol. The van der Waals surface area contributed by atoms with Crippen LogP contribution in [0, 0.1) is 11.8 Å². The number of aliphatic carboxylic acids is 1. The quantitative estimate of drug-likeness (QED) is 0.802. The Morgan fingerprint density at radius 2 is 1.82 bits per heavy atom. The number of hydrogen-bond donors (Lipinski definition) is 2. The van der Waals surface area contributed by atoms with Crippen LogP contribution < -0.4 is 5.32 Å². The van der Waals surface area contributed by atoms with Crippen LogP contribution in [-0.2, 0) is 9.59 Å². The Labute approximate surface area is 96.2 Å². The molecule has 0 bridgehead atoms. The lowest BCUT2D eigenvalue weighted by molar-refractivity contribution is -0.174. The van der Waals surface area contributed by atoms with Gasteiger partial charge < -0.3 is 10.4 Å². The van der Waals surface area contributed by atoms with Crippen LogP contribution in [0.25, 0.3) is 0 Å². The van der Waals surface area contributed by atoms with E-state index in [0.29, 0.717) is 12.8 Å². The van der Waals surface area contributed by atoms with Crippen LogP contribution in [0.1, 0.15) is 25.7 Å². The van der Waals surface area contributed by atoms with Gasteiger partial charge in [-0.15, -0.1) is 0 Å². The maximum atomic E-state index is 11.9. The summed E-state index contributed by atoms with van der Waals surface area (Å²) in [6.07, 6.45) is -2.36. The molecule has 2 atom stereocenters. The predicted molar refractivity (Wildman–Crippen MR) is 52.1 cm³/mol. The van der Waals surface area contributed by atoms with Gasteiger partial charge in [0, 0.05) is 6.54 Å². The lowest BCUT2D eigenvalue weighted by Gasteiger charge is -2.28. The zero-order valence-electron chi connectivity index (χ0n) is 9.09. The fraction of sp³-hybridized carbons (Fsp3) is 0.800. The molecule has 0 heterocycles. The summed E-state index contributed by atoms with van der Waals surface area (Å²) in [5, 5.41) is 10.6. The second-order valence-corrected chi connectivity index (χ2v) is 4.20. The molecular formula is C10H14F3NO3. The first-order chi connectivity index (χ1) is 7.82. The van der Waals surface area contributed by atoms with Crippen LogP contribution in [0.4, 0.5) is 13.2 Å². The van der Waals surface area contributed by atoms with Crippen molar-refractivity contribution >= 4 is 11.9 Å². The van der Waals surface area contributed by atoms with E-state index in [1.165, 1.54) is 0 Å². The molecule has 0 spiro atoms. The van der Waals surface area contributed by atoms with Crippen molar-refractivity contribution in [1.82, 2.24) is 5.32 Å². The van der Waals surface area contributed by atoms with E-state index in [4.69, 9.17) is 5.11 Å². The highest BCUT2D eigenvalue weighted by molar-refractivity contribution is 5.81. The van der Waals surface area contributed by atoms with Crippen molar-refractivity contribution in [2.24, 2.45) is 11.8 Å². The molecule has 0 aromatic carbocycles. The molecule has 0 aromatic rings. The zero-order valence-corrected chi connectivity index (χ0v) is 9.09. The molecule has 1 aliphatic carbocycles. The zero-order chi connectivity index (χ0) is 13.1. The van der Waals surface area contributed by atoms with E-state index < -0.39 is 29.9 Å². The first kappa shape index (κ1) is 13.8. The molecule has 1 rings (SSSR count). The third-order valence-corrected chi connectivity index (χ3v) is 3.01. The summed E-state index contributed by atoms with van der Waals surface area (Å²) in [4.78, 5) is 21.5. The van der Waals surface area contributed by atoms with Gasteiger partial charge in [-0.1, -0.05) is 12.8 Å². The number of carbonyl (C=O) groups is 2. The van der Waals surface area contributed by atoms with Gasteiger partial charge in [-0.2, -0.15) is 13.2 Å². The maximum absolute atomic E-state index is 11.9. The van der Waals surface area contributed by atoms with E-state index in [0.717, 1.165) is 12.8 Å². The van der Waals surface area contributed by atoms with Crippen molar-refractivity contribution in [3.8, 4) is 0 Å². The minimum atomic E-state index is -4.91. The number of carboxylic acids is 1. The fourth-order valence-electron chi connectivity index (χ4n) is 2.10. The number of carbonyl (C=O) groups excluding carboxylic acids is 1. The average Bonchev–Trinajstić information content (AvgIpc) is 2.24. The standard InChI is InChI=1S/C10H14F3NO3/c11-10(12,13)9(17)14-5-6-3-1-2-4-7(6)8(15)16/h6-7H,1-5H2,(H,14,17)(H,15,16). The third-order valence-electron chi connectivity index (χ3n) is 3.01. The van der Waals surface area contributed by atoms with Crippen molar-refractivity contribution < 1.29 is 27.9 Å². The van der Waals surface area contributed by atoms with Gasteiger partial charge in [0.05, 0.1) is 5.92 Å². The third kappa shape index (κ3) is 3.90. The Hall–Kier alpha value is -1.27. The SMILES string of the molecule is O=C(O)C1CCCCC1CNC(=O)C(F)(F)F. The molecule has 2 N–H and O–H groups in total. The Balaban J connectivity index is 2.49. The Bertz CT molecular complexity index is 304. The highest BCUT2D eigenvalue weighted by Gasteiger charge is 2.39. The van der Waals surface area contributed by atoms with Gasteiger partial charge in [0.1, 0.15) is 0 Å². The predicted octanol–water partition coefficient (Wildman–Crippen LogP) is 1.56. The number of halogens is 3. The Morgan fingerprint density at radius 1 is 1.24 bits per heavy atom. The van der Waals surface area contributed by atoms with Gasteiger partial charge in [-0.05, 0) is 18.8 Å². The largest absolute Gasteiger partial charge is 0.481 e. The molecule has 0 saturated heterocycles. The molecular weight excluding hydrogens is 239 g/mol. The second-order valence-electron chi connectivity index (χ2n) is 4.20. The normalized spacial score (nSPS) is 25.4. The second kappa shape index (κ2) is 5.37. The minimum Gasteiger partial charge on any atom is -0.481 e. The van der Waals surface area contributed by atoms with Gasteiger partial charge in [0.2, 0.25) is 0 Å². The molecule has 1 aliphatic rings. The van der Waals surface area contributed by atoms with Crippen molar-refractivity contribution in [3.05, 3.63) is 0 Å². The molecule has 1 amide bonds. The van der Waals surface area contributed by atoms with E-state index in [1.54, 1.807) is 5.32 Å². The summed E-state index contributed by atoms with van der Waals surface area (Å²) in [6, 6.07) is 0. The van der Waals surface area contributed by atoms with Crippen LogP contribution in [0.15, 0.2) is 0 Å². The number of hydrogen-bond acceptors (Lipinski definition) is 2. The number of carboxylic acid groups (broad SMARTS) is 1. The fourth-order valence-corrected chi connectivity index (χ4v) is 2.10. The van der Waals surface area contributed by atoms with Crippen LogP contribution in [0.3, 0.4) is 0 Å². The lowest BCUT2D eigenvalue weighted by atomic mass is 9.79. The topological polar surface area (TPSA) is 66.4 Å². The molecule has 0 aromatic heterocycles. The van der Waals surface area contributed by atoms with E-state index in [1.807, 2.05) is 0 Å². The van der Waals surface area contributed by atoms with Crippen molar-refractivity contribution in [2.75, 3.05) is 6.54 Å². The minimum absolute atomic E-state index is 0.227. The Morgan fingerprint density at radius 3 is 2.35 bits per heavy atom. The molecule has 17 heavy (non-hydrogen) atoms. The molecule has 1 saturated carbocycles. The van der Waals surface area contributed by atoms with Gasteiger partial charge in [-0.25, -0.2) is 0 Å². The van der Waals surface area contributed by atoms with Gasteiger partial charge in [-0.3, -0.25) is 9.59 Å². The number of rotatable bonds is 3. The summed E-state index contributed by atoms with van der Waals surface area (Å²) < 4.78 is 35.8. The molecule has 98 valence electrons. The summed E-state index contributed by atoms with van der Waals surface area (Å²) in [6.45, 7) is -0.227. The summed E-state index contributed by atoms with van der Waals surface area (Å²) in [7, 11) is 0. The average molecular weight is 253 g/mol. The van der Waals surface area contributed by atoms with Crippen LogP contribution >= 0.6 is 0 Å². The maximum Gasteiger partial charge on any atom is 0.471 e. The molecule has 0 aliphatic heterocycles. The van der Waals surface area contributed by atoms with E-state index in [-0.39, 0.29) is 6.54 Å². The molecule has 1 fully saturated rings. The summed E-state index contributed by atoms with van der Waals surface area (Å²) in [5.41, 5.74) is 0. The summed E-state index contributed by atoms with van der Waals surface area (Å²) in [5.74, 6) is -4.08. The first-order valence-corrected chi connectivity index (χ1v) is 5.40. The summed E-state index contributed by atoms with van der Waals surface area (Å²) >= 11 is 0. The van der Waals surface area contributed by atoms with Crippen LogP contribution in [-0.4, -0.2) is 29.7 Å². The van der Waals surface area contributed by atoms with Crippen molar-refractivity contribution in [1.29, 1.82) is 0 Å². The molecule has 7 heteroatoms. The van der Waals surface area contributed by atoms with Crippen LogP contribution in [0.2, 0.25) is 0 Å². The lowest BCUT2D eigenvalue weighted by Crippen LogP contribution is -2.42. The Kier molecular flexibility index (Phi) is 4.36. The first-order valence-electron chi connectivity index (χ1n) is 5.40. The van der Waals surface area contributed by atoms with Gasteiger partial charge in [0.25, 0.3) is 0 Å². The van der Waals surface area contributed by atoms with Crippen LogP contribution in [0.5, 0.6) is 0 Å². The van der Waals surface area contributed by atoms with E-state index >= 15 is 0 Å². The number of alkyl halides is 3. The number of nitrogens with one attached hydrogen (secondary N) is 1. The number of amides is 1. The molecule has 4 nitrogen and oxygen atoms in total. The van der Waals surface area contributed by atoms with E-state index in [9.17, 15) is 22.8 Å². The molecule has 0 radical (unpaired) electrons. The van der Waals surface area contributed by atoms with Gasteiger partial charge in [0.15, 0.2) is 0 Å². The van der Waals surface area contributed by atoms with E-state index in [2.05, 4.69) is 0 Å². The smallest absolute Gasteiger partial charge is 0.471 e.